The van der Waals surface area contributed by atoms with Gasteiger partial charge in [-0.25, -0.2) is 0 Å². The van der Waals surface area contributed by atoms with E-state index < -0.39 is 11.9 Å². The van der Waals surface area contributed by atoms with Crippen LogP contribution >= 0.6 is 12.2 Å². The van der Waals surface area contributed by atoms with Gasteiger partial charge in [-0.1, -0.05) is 25.5 Å². The van der Waals surface area contributed by atoms with Crippen LogP contribution in [0.1, 0.15) is 61.9 Å². The third kappa shape index (κ3) is 6.45. The molecule has 0 radical (unpaired) electrons. The summed E-state index contributed by atoms with van der Waals surface area (Å²) in [5, 5.41) is 10.5. The highest BCUT2D eigenvalue weighted by atomic mass is 32.1. The molecule has 2 aromatic rings. The largest absolute Gasteiger partial charge is 0.435 e. The molecule has 2 N–H and O–H groups in total. The van der Waals surface area contributed by atoms with Gasteiger partial charge in [0.15, 0.2) is 10.8 Å². The Morgan fingerprint density at radius 2 is 1.93 bits per heavy atom. The Bertz CT molecular complexity index is 810. The summed E-state index contributed by atoms with van der Waals surface area (Å²) in [6.45, 7) is 3.17. The minimum Gasteiger partial charge on any atom is -0.362 e. The normalized spacial score (nSPS) is 14.1. The van der Waals surface area contributed by atoms with E-state index in [9.17, 15) is 13.2 Å². The number of aryl methyl sites for hydroxylation is 2. The molecule has 0 atom stereocenters. The molecule has 1 saturated carbocycles. The number of nitrogens with zero attached hydrogens (tertiary/aromatic N) is 2. The third-order valence-electron chi connectivity index (χ3n) is 4.96. The minimum atomic E-state index is -4.40. The lowest BCUT2D eigenvalue weighted by Gasteiger charge is -2.12. The summed E-state index contributed by atoms with van der Waals surface area (Å²) in [6.07, 6.45) is 1.54. The molecule has 1 fully saturated rings. The molecule has 1 aromatic heterocycles. The standard InChI is InChI=1S/C21H27F3N4S/c1-2-3-5-15-6-10-17(11-7-15)26-20(29)25-12-4-13-28-18(16-8-9-16)14-19(27-28)21(22,23)24/h6-7,10-11,14,16H,2-5,8-9,12-13H2,1H3,(H2,25,26,29). The summed E-state index contributed by atoms with van der Waals surface area (Å²) in [6, 6.07) is 9.39. The van der Waals surface area contributed by atoms with Crippen molar-refractivity contribution in [1.82, 2.24) is 15.1 Å². The second kappa shape index (κ2) is 9.61. The quantitative estimate of drug-likeness (QED) is 0.412. The number of thiocarbonyl (C=S) groups is 1. The van der Waals surface area contributed by atoms with Gasteiger partial charge in [-0.3, -0.25) is 4.68 Å². The Hall–Kier alpha value is -2.09. The summed E-state index contributed by atoms with van der Waals surface area (Å²) in [5.41, 5.74) is 2.12. The van der Waals surface area contributed by atoms with Crippen molar-refractivity contribution in [1.29, 1.82) is 0 Å². The number of alkyl halides is 3. The summed E-state index contributed by atoms with van der Waals surface area (Å²) >= 11 is 5.31. The van der Waals surface area contributed by atoms with Crippen LogP contribution in [0.2, 0.25) is 0 Å². The maximum Gasteiger partial charge on any atom is 0.435 e. The number of rotatable bonds is 9. The summed E-state index contributed by atoms with van der Waals surface area (Å²) < 4.78 is 40.3. The lowest BCUT2D eigenvalue weighted by Crippen LogP contribution is -2.29. The van der Waals surface area contributed by atoms with E-state index in [-0.39, 0.29) is 5.92 Å². The predicted octanol–water partition coefficient (Wildman–Crippen LogP) is 5.50. The molecule has 8 heteroatoms. The van der Waals surface area contributed by atoms with Crippen LogP contribution < -0.4 is 10.6 Å². The van der Waals surface area contributed by atoms with Crippen molar-refractivity contribution in [3.63, 3.8) is 0 Å². The number of aromatic nitrogens is 2. The lowest BCUT2D eigenvalue weighted by molar-refractivity contribution is -0.141. The molecule has 1 aliphatic rings. The number of hydrogen-bond donors (Lipinski definition) is 2. The zero-order valence-corrected chi connectivity index (χ0v) is 17.4. The van der Waals surface area contributed by atoms with Crippen molar-refractivity contribution >= 4 is 23.0 Å². The summed E-state index contributed by atoms with van der Waals surface area (Å²) in [7, 11) is 0. The SMILES string of the molecule is CCCCc1ccc(NC(=S)NCCCn2nc(C(F)(F)F)cc2C2CC2)cc1. The van der Waals surface area contributed by atoms with Gasteiger partial charge in [0.1, 0.15) is 0 Å². The van der Waals surface area contributed by atoms with Crippen LogP contribution in [0.4, 0.5) is 18.9 Å². The maximum absolute atomic E-state index is 12.9. The van der Waals surface area contributed by atoms with Gasteiger partial charge in [-0.05, 0) is 68.1 Å². The van der Waals surface area contributed by atoms with E-state index in [1.165, 1.54) is 29.2 Å². The molecule has 0 aliphatic heterocycles. The molecule has 158 valence electrons. The molecular weight excluding hydrogens is 397 g/mol. The van der Waals surface area contributed by atoms with E-state index >= 15 is 0 Å². The summed E-state index contributed by atoms with van der Waals surface area (Å²) in [4.78, 5) is 0. The zero-order chi connectivity index (χ0) is 20.9. The van der Waals surface area contributed by atoms with Crippen molar-refractivity contribution in [3.05, 3.63) is 47.3 Å². The first-order valence-electron chi connectivity index (χ1n) is 10.2. The minimum absolute atomic E-state index is 0.217. The number of anilines is 1. The van der Waals surface area contributed by atoms with Crippen LogP contribution in [0.3, 0.4) is 0 Å². The number of hydrogen-bond acceptors (Lipinski definition) is 2. The second-order valence-electron chi connectivity index (χ2n) is 7.48. The molecule has 1 aliphatic carbocycles. The molecule has 0 spiro atoms. The first-order valence-corrected chi connectivity index (χ1v) is 10.6. The van der Waals surface area contributed by atoms with Crippen LogP contribution in [0.15, 0.2) is 30.3 Å². The van der Waals surface area contributed by atoms with Crippen molar-refractivity contribution in [2.75, 3.05) is 11.9 Å². The molecule has 1 aromatic carbocycles. The average Bonchev–Trinajstić information content (AvgIpc) is 3.43. The van der Waals surface area contributed by atoms with Gasteiger partial charge in [0.25, 0.3) is 0 Å². The monoisotopic (exact) mass is 424 g/mol. The van der Waals surface area contributed by atoms with Gasteiger partial charge in [0.05, 0.1) is 0 Å². The molecule has 0 bridgehead atoms. The fourth-order valence-corrected chi connectivity index (χ4v) is 3.42. The van der Waals surface area contributed by atoms with Gasteiger partial charge in [0.2, 0.25) is 0 Å². The zero-order valence-electron chi connectivity index (χ0n) is 16.6. The van der Waals surface area contributed by atoms with Gasteiger partial charge < -0.3 is 10.6 Å². The van der Waals surface area contributed by atoms with Gasteiger partial charge in [0, 0.05) is 30.4 Å². The maximum atomic E-state index is 12.9. The van der Waals surface area contributed by atoms with E-state index in [0.29, 0.717) is 30.3 Å². The number of benzene rings is 1. The van der Waals surface area contributed by atoms with Crippen molar-refractivity contribution in [2.24, 2.45) is 0 Å². The topological polar surface area (TPSA) is 41.9 Å². The van der Waals surface area contributed by atoms with Crippen LogP contribution in [0.25, 0.3) is 0 Å². The third-order valence-corrected chi connectivity index (χ3v) is 5.21. The van der Waals surface area contributed by atoms with E-state index in [2.05, 4.69) is 34.8 Å². The van der Waals surface area contributed by atoms with E-state index in [0.717, 1.165) is 24.9 Å². The van der Waals surface area contributed by atoms with Crippen LogP contribution in [0.5, 0.6) is 0 Å². The first-order chi connectivity index (χ1) is 13.9. The van der Waals surface area contributed by atoms with Crippen LogP contribution in [-0.2, 0) is 19.1 Å². The Labute approximate surface area is 174 Å². The number of halogens is 3. The fourth-order valence-electron chi connectivity index (χ4n) is 3.20. The summed E-state index contributed by atoms with van der Waals surface area (Å²) in [5.74, 6) is 0.217. The van der Waals surface area contributed by atoms with Crippen molar-refractivity contribution in [2.45, 2.75) is 64.1 Å². The molecule has 29 heavy (non-hydrogen) atoms. The highest BCUT2D eigenvalue weighted by Gasteiger charge is 2.37. The highest BCUT2D eigenvalue weighted by molar-refractivity contribution is 7.80. The molecule has 0 unspecified atom stereocenters. The molecule has 1 heterocycles. The lowest BCUT2D eigenvalue weighted by atomic mass is 10.1. The fraction of sp³-hybridized carbons (Fsp3) is 0.524. The van der Waals surface area contributed by atoms with Crippen molar-refractivity contribution in [3.8, 4) is 0 Å². The second-order valence-corrected chi connectivity index (χ2v) is 7.89. The van der Waals surface area contributed by atoms with Crippen LogP contribution in [0, 0.1) is 0 Å². The first kappa shape index (κ1) is 21.6. The Morgan fingerprint density at radius 3 is 2.55 bits per heavy atom. The van der Waals surface area contributed by atoms with E-state index in [4.69, 9.17) is 12.2 Å². The average molecular weight is 425 g/mol. The molecule has 4 nitrogen and oxygen atoms in total. The Balaban J connectivity index is 1.43. The van der Waals surface area contributed by atoms with Crippen molar-refractivity contribution < 1.29 is 13.2 Å². The van der Waals surface area contributed by atoms with Crippen LogP contribution in [-0.4, -0.2) is 21.4 Å². The Morgan fingerprint density at radius 1 is 1.21 bits per heavy atom. The highest BCUT2D eigenvalue weighted by Crippen LogP contribution is 2.42. The number of nitrogens with one attached hydrogen (secondary N) is 2. The predicted molar refractivity (Wildman–Crippen MR) is 113 cm³/mol. The molecule has 3 rings (SSSR count). The van der Waals surface area contributed by atoms with Gasteiger partial charge >= 0.3 is 6.18 Å². The Kier molecular flexibility index (Phi) is 7.16. The molecule has 0 amide bonds. The van der Waals surface area contributed by atoms with Gasteiger partial charge in [-0.2, -0.15) is 18.3 Å². The van der Waals surface area contributed by atoms with E-state index in [1.54, 1.807) is 0 Å². The van der Waals surface area contributed by atoms with E-state index in [1.807, 2.05) is 12.1 Å². The molecule has 0 saturated heterocycles. The smallest absolute Gasteiger partial charge is 0.362 e. The molecular formula is C21H27F3N4S. The number of unbranched alkanes of at least 4 members (excludes halogenated alkanes) is 1. The van der Waals surface area contributed by atoms with Gasteiger partial charge in [-0.15, -0.1) is 0 Å².